The van der Waals surface area contributed by atoms with Crippen LogP contribution in [0.15, 0.2) is 36.5 Å². The summed E-state index contributed by atoms with van der Waals surface area (Å²) < 4.78 is 10.7. The number of hydrogen-bond acceptors (Lipinski definition) is 5. The number of carbonyl (C=O) groups is 2. The summed E-state index contributed by atoms with van der Waals surface area (Å²) in [6.45, 7) is 4.18. The number of rotatable bonds is 59. The Labute approximate surface area is 437 Å². The number of carbonyl (C=O) groups excluding carboxylic acids is 2. The molecular weight excluding hydrogens is 861 g/mol. The minimum absolute atomic E-state index is 0.0605. The van der Waals surface area contributed by atoms with Gasteiger partial charge in [-0.05, 0) is 70.6 Å². The van der Waals surface area contributed by atoms with Gasteiger partial charge in [-0.25, -0.2) is 0 Å². The molecule has 0 fully saturated rings. The van der Waals surface area contributed by atoms with Crippen molar-refractivity contribution in [2.45, 2.75) is 354 Å². The fourth-order valence-electron chi connectivity index (χ4n) is 9.64. The van der Waals surface area contributed by atoms with Crippen molar-refractivity contribution in [1.82, 2.24) is 0 Å². The van der Waals surface area contributed by atoms with Crippen molar-refractivity contribution in [3.05, 3.63) is 36.5 Å². The van der Waals surface area contributed by atoms with Gasteiger partial charge in [0.2, 0.25) is 0 Å². The van der Waals surface area contributed by atoms with Crippen molar-refractivity contribution in [2.75, 3.05) is 13.2 Å². The third-order valence-corrected chi connectivity index (χ3v) is 14.4. The second-order valence-corrected chi connectivity index (χ2v) is 21.5. The second-order valence-electron chi connectivity index (χ2n) is 21.5. The monoisotopic (exact) mass is 983 g/mol. The molecule has 0 radical (unpaired) electrons. The van der Waals surface area contributed by atoms with Crippen LogP contribution in [0.5, 0.6) is 0 Å². The lowest BCUT2D eigenvalue weighted by atomic mass is 10.0. The Kier molecular flexibility index (Phi) is 59.8. The second kappa shape index (κ2) is 61.4. The normalized spacial score (nSPS) is 12.3. The molecule has 70 heavy (non-hydrogen) atoms. The smallest absolute Gasteiger partial charge is 0.306 e. The summed E-state index contributed by atoms with van der Waals surface area (Å²) in [7, 11) is 0. The molecule has 412 valence electrons. The largest absolute Gasteiger partial charge is 0.462 e. The number of esters is 2. The first kappa shape index (κ1) is 68.1. The molecule has 1 atom stereocenters. The highest BCUT2D eigenvalue weighted by molar-refractivity contribution is 5.70. The van der Waals surface area contributed by atoms with Crippen LogP contribution < -0.4 is 0 Å². The maximum absolute atomic E-state index is 12.3. The van der Waals surface area contributed by atoms with Gasteiger partial charge in [-0.1, -0.05) is 301 Å². The van der Waals surface area contributed by atoms with E-state index in [-0.39, 0.29) is 25.2 Å². The number of allylic oxidation sites excluding steroid dienone is 6. The number of unbranched alkanes of at least 4 members (excludes halogenated alkanes) is 45. The molecule has 0 aliphatic carbocycles. The van der Waals surface area contributed by atoms with Gasteiger partial charge in [-0.3, -0.25) is 9.59 Å². The van der Waals surface area contributed by atoms with Gasteiger partial charge in [0.1, 0.15) is 6.61 Å². The van der Waals surface area contributed by atoms with Gasteiger partial charge in [-0.15, -0.1) is 0 Å². The highest BCUT2D eigenvalue weighted by Crippen LogP contribution is 2.18. The molecule has 5 heteroatoms. The molecule has 0 spiro atoms. The molecule has 0 aliphatic heterocycles. The van der Waals surface area contributed by atoms with E-state index in [2.05, 4.69) is 50.3 Å². The zero-order chi connectivity index (χ0) is 50.6. The molecule has 0 bridgehead atoms. The number of ether oxygens (including phenoxy) is 2. The molecular formula is C65H122O5. The van der Waals surface area contributed by atoms with Gasteiger partial charge < -0.3 is 14.6 Å². The van der Waals surface area contributed by atoms with Crippen LogP contribution in [0.1, 0.15) is 348 Å². The first-order valence-electron chi connectivity index (χ1n) is 31.5. The quantitative estimate of drug-likeness (QED) is 0.0373. The Morgan fingerprint density at radius 2 is 0.571 bits per heavy atom. The minimum atomic E-state index is -0.770. The Hall–Kier alpha value is -1.88. The average Bonchev–Trinajstić information content (AvgIpc) is 3.36. The number of hydrogen-bond donors (Lipinski definition) is 1. The van der Waals surface area contributed by atoms with E-state index in [9.17, 15) is 14.7 Å². The van der Waals surface area contributed by atoms with Gasteiger partial charge in [0.25, 0.3) is 0 Å². The van der Waals surface area contributed by atoms with Crippen LogP contribution in [0.2, 0.25) is 0 Å². The van der Waals surface area contributed by atoms with Crippen LogP contribution in [0.4, 0.5) is 0 Å². The van der Waals surface area contributed by atoms with Crippen LogP contribution >= 0.6 is 0 Å². The van der Waals surface area contributed by atoms with Crippen molar-refractivity contribution < 1.29 is 24.2 Å². The van der Waals surface area contributed by atoms with Crippen LogP contribution in [0.3, 0.4) is 0 Å². The molecule has 1 unspecified atom stereocenters. The van der Waals surface area contributed by atoms with E-state index in [1.54, 1.807) is 0 Å². The molecule has 0 aromatic rings. The van der Waals surface area contributed by atoms with Gasteiger partial charge >= 0.3 is 11.9 Å². The molecule has 0 heterocycles. The van der Waals surface area contributed by atoms with Crippen LogP contribution in [0.25, 0.3) is 0 Å². The fraction of sp³-hybridized carbons (Fsp3) is 0.877. The van der Waals surface area contributed by atoms with Crippen LogP contribution in [-0.2, 0) is 19.1 Å². The summed E-state index contributed by atoms with van der Waals surface area (Å²) in [5.41, 5.74) is 0. The molecule has 0 amide bonds. The topological polar surface area (TPSA) is 72.8 Å². The lowest BCUT2D eigenvalue weighted by Gasteiger charge is -2.15. The first-order chi connectivity index (χ1) is 34.6. The Bertz CT molecular complexity index is 1110. The van der Waals surface area contributed by atoms with Gasteiger partial charge in [0, 0.05) is 12.8 Å². The summed E-state index contributed by atoms with van der Waals surface area (Å²) >= 11 is 0. The van der Waals surface area contributed by atoms with Crippen molar-refractivity contribution in [1.29, 1.82) is 0 Å². The molecule has 0 aromatic heterocycles. The molecule has 5 nitrogen and oxygen atoms in total. The van der Waals surface area contributed by atoms with Gasteiger partial charge in [-0.2, -0.15) is 0 Å². The predicted octanol–water partition coefficient (Wildman–Crippen LogP) is 21.4. The molecule has 0 aromatic carbocycles. The average molecular weight is 984 g/mol. The van der Waals surface area contributed by atoms with E-state index in [4.69, 9.17) is 9.47 Å². The molecule has 0 aliphatic rings. The summed E-state index contributed by atoms with van der Waals surface area (Å²) in [5.74, 6) is -0.570. The Morgan fingerprint density at radius 3 is 0.857 bits per heavy atom. The molecule has 0 rings (SSSR count). The first-order valence-corrected chi connectivity index (χ1v) is 31.5. The standard InChI is InChI=1S/C65H122O5/c1-3-5-7-9-11-13-15-17-19-21-23-25-27-29-31-32-34-36-38-40-42-44-46-48-50-52-54-56-58-60-65(68)70-63(61-66)62-69-64(67)59-57-55-53-51-49-47-45-43-41-39-37-35-33-30-28-26-24-22-20-18-16-14-12-10-8-6-4-2/h15,17,21-24,63,66H,3-14,16,18-20,25-62H2,1-2H3/b17-15-,23-21-,24-22-. The van der Waals surface area contributed by atoms with Crippen LogP contribution in [-0.4, -0.2) is 36.4 Å². The Morgan fingerprint density at radius 1 is 0.329 bits per heavy atom. The van der Waals surface area contributed by atoms with Crippen molar-refractivity contribution in [2.24, 2.45) is 0 Å². The lowest BCUT2D eigenvalue weighted by Crippen LogP contribution is -2.28. The molecule has 0 saturated carbocycles. The highest BCUT2D eigenvalue weighted by atomic mass is 16.6. The van der Waals surface area contributed by atoms with E-state index < -0.39 is 6.10 Å². The minimum Gasteiger partial charge on any atom is -0.462 e. The maximum Gasteiger partial charge on any atom is 0.306 e. The zero-order valence-corrected chi connectivity index (χ0v) is 47.3. The summed E-state index contributed by atoms with van der Waals surface area (Å²) in [6, 6.07) is 0. The van der Waals surface area contributed by atoms with Crippen molar-refractivity contribution in [3.8, 4) is 0 Å². The predicted molar refractivity (Wildman–Crippen MR) is 307 cm³/mol. The van der Waals surface area contributed by atoms with E-state index in [1.165, 1.54) is 276 Å². The van der Waals surface area contributed by atoms with Gasteiger partial charge in [0.05, 0.1) is 6.61 Å². The SMILES string of the molecule is CCCCCCC/C=C\C/C=C\CCCCCCCCCCCCCCCCCCCC(=O)OC(CO)COC(=O)CCCCCCCCCCCCCCCCC/C=C\CCCCCCCCCC. The van der Waals surface area contributed by atoms with E-state index >= 15 is 0 Å². The van der Waals surface area contributed by atoms with Crippen LogP contribution in [0, 0.1) is 0 Å². The van der Waals surface area contributed by atoms with Gasteiger partial charge in [0.15, 0.2) is 6.10 Å². The van der Waals surface area contributed by atoms with E-state index in [0.717, 1.165) is 44.9 Å². The fourth-order valence-corrected chi connectivity index (χ4v) is 9.64. The zero-order valence-electron chi connectivity index (χ0n) is 47.3. The molecule has 1 N–H and O–H groups in total. The van der Waals surface area contributed by atoms with Crippen molar-refractivity contribution >= 4 is 11.9 Å². The summed E-state index contributed by atoms with van der Waals surface area (Å²) in [6.07, 6.45) is 80.0. The highest BCUT2D eigenvalue weighted by Gasteiger charge is 2.16. The van der Waals surface area contributed by atoms with Crippen molar-refractivity contribution in [3.63, 3.8) is 0 Å². The lowest BCUT2D eigenvalue weighted by molar-refractivity contribution is -0.161. The Balaban J connectivity index is 3.42. The van der Waals surface area contributed by atoms with E-state index in [0.29, 0.717) is 12.8 Å². The number of aliphatic hydroxyl groups is 1. The molecule has 0 saturated heterocycles. The summed E-state index contributed by atoms with van der Waals surface area (Å²) in [4.78, 5) is 24.6. The van der Waals surface area contributed by atoms with E-state index in [1.807, 2.05) is 0 Å². The maximum atomic E-state index is 12.3. The summed E-state index contributed by atoms with van der Waals surface area (Å²) in [5, 5.41) is 9.68. The third kappa shape index (κ3) is 58.7. The third-order valence-electron chi connectivity index (χ3n) is 14.4. The number of aliphatic hydroxyl groups excluding tert-OH is 1.